The summed E-state index contributed by atoms with van der Waals surface area (Å²) in [6, 6.07) is 0. The molecule has 0 aromatic carbocycles. The summed E-state index contributed by atoms with van der Waals surface area (Å²) in [5.74, 6) is -3.92. The number of fused-ring (bicyclic) bond motifs is 5. The Morgan fingerprint density at radius 3 is 1.98 bits per heavy atom. The summed E-state index contributed by atoms with van der Waals surface area (Å²) in [7, 11) is 0. The summed E-state index contributed by atoms with van der Waals surface area (Å²) in [6.45, 7) is 6.12. The Morgan fingerprint density at radius 2 is 1.39 bits per heavy atom. The lowest BCUT2D eigenvalue weighted by atomic mass is 9.44. The van der Waals surface area contributed by atoms with Crippen molar-refractivity contribution < 1.29 is 43.3 Å². The van der Waals surface area contributed by atoms with Crippen LogP contribution in [0.15, 0.2) is 23.8 Å². The number of halogens is 1. The fraction of sp³-hybridized carbons (Fsp3) is 0.810. The van der Waals surface area contributed by atoms with Gasteiger partial charge >= 0.3 is 11.9 Å². The van der Waals surface area contributed by atoms with Gasteiger partial charge in [0.1, 0.15) is 5.60 Å². The molecule has 0 aliphatic heterocycles. The highest BCUT2D eigenvalue weighted by Gasteiger charge is 2.75. The zero-order chi connectivity index (χ0) is 37.3. The number of unbranched alkanes of at least 4 members (excludes halogenated alkanes) is 14. The van der Waals surface area contributed by atoms with E-state index in [2.05, 4.69) is 6.92 Å². The molecular weight excluding hydrogens is 651 g/mol. The third kappa shape index (κ3) is 8.71. The maximum absolute atomic E-state index is 17.4. The van der Waals surface area contributed by atoms with Gasteiger partial charge in [-0.3, -0.25) is 14.4 Å². The first-order valence-corrected chi connectivity index (χ1v) is 20.1. The van der Waals surface area contributed by atoms with Crippen molar-refractivity contribution in [3.63, 3.8) is 0 Å². The molecule has 0 aromatic heterocycles. The summed E-state index contributed by atoms with van der Waals surface area (Å²) in [5.41, 5.74) is -5.70. The van der Waals surface area contributed by atoms with E-state index in [1.165, 1.54) is 82.8 Å². The minimum Gasteiger partial charge on any atom is -0.455 e. The van der Waals surface area contributed by atoms with Crippen molar-refractivity contribution >= 4 is 23.5 Å². The van der Waals surface area contributed by atoms with Crippen LogP contribution in [0.3, 0.4) is 0 Å². The van der Waals surface area contributed by atoms with Gasteiger partial charge in [0.05, 0.1) is 6.10 Å². The molecule has 288 valence electrons. The molecule has 9 heteroatoms. The number of Topliss-reactive ketones (excluding diaryl/α,β-unsaturated/α-hetero) is 1. The SMILES string of the molecule is CCCCCCCCCCCCCCCCCC(=O)OCC(=O)OCC(=O)[C@@]1(O)[C@H](C)C[C@H]2[C@@H]3CCC4=CC(=O)C=C[C@]4(C)[C@@]3(F)[C@@H](O)C[C@@]21C. The van der Waals surface area contributed by atoms with Gasteiger partial charge in [-0.1, -0.05) is 122 Å². The zero-order valence-corrected chi connectivity index (χ0v) is 31.8. The van der Waals surface area contributed by atoms with Gasteiger partial charge in [-0.2, -0.15) is 0 Å². The third-order valence-corrected chi connectivity index (χ3v) is 13.3. The normalized spacial score (nSPS) is 33.9. The van der Waals surface area contributed by atoms with E-state index in [9.17, 15) is 29.4 Å². The van der Waals surface area contributed by atoms with Gasteiger partial charge in [0.25, 0.3) is 0 Å². The molecular formula is C42H65FO8. The van der Waals surface area contributed by atoms with Gasteiger partial charge in [-0.25, -0.2) is 9.18 Å². The molecule has 4 rings (SSSR count). The minimum atomic E-state index is -2.07. The summed E-state index contributed by atoms with van der Waals surface area (Å²) in [4.78, 5) is 50.4. The number of aliphatic hydroxyl groups excluding tert-OH is 1. The number of esters is 2. The number of hydrogen-bond acceptors (Lipinski definition) is 8. The third-order valence-electron chi connectivity index (χ3n) is 13.3. The van der Waals surface area contributed by atoms with Gasteiger partial charge < -0.3 is 19.7 Å². The maximum atomic E-state index is 17.4. The largest absolute Gasteiger partial charge is 0.455 e. The topological polar surface area (TPSA) is 127 Å². The lowest BCUT2D eigenvalue weighted by Gasteiger charge is -2.62. The molecule has 0 saturated heterocycles. The first-order chi connectivity index (χ1) is 24.3. The number of hydrogen-bond donors (Lipinski definition) is 2. The quantitative estimate of drug-likeness (QED) is 0.0899. The molecule has 0 amide bonds. The average Bonchev–Trinajstić information content (AvgIpc) is 3.30. The van der Waals surface area contributed by atoms with E-state index < -0.39 is 76.9 Å². The lowest BCUT2D eigenvalue weighted by Crippen LogP contribution is -2.69. The van der Waals surface area contributed by atoms with E-state index in [0.717, 1.165) is 19.3 Å². The van der Waals surface area contributed by atoms with Crippen LogP contribution in [0.2, 0.25) is 0 Å². The van der Waals surface area contributed by atoms with Crippen LogP contribution in [-0.4, -0.2) is 64.3 Å². The molecule has 51 heavy (non-hydrogen) atoms. The van der Waals surface area contributed by atoms with Crippen molar-refractivity contribution in [2.75, 3.05) is 13.2 Å². The molecule has 0 spiro atoms. The van der Waals surface area contributed by atoms with Crippen LogP contribution in [0, 0.1) is 28.6 Å². The molecule has 4 aliphatic carbocycles. The molecule has 0 bridgehead atoms. The van der Waals surface area contributed by atoms with Crippen LogP contribution in [0.1, 0.15) is 156 Å². The van der Waals surface area contributed by atoms with Crippen LogP contribution in [-0.2, 0) is 28.7 Å². The second kappa shape index (κ2) is 18.1. The standard InChI is InChI=1S/C42H65FO8/c1-5-6-7-8-9-10-11-12-13-14-15-16-17-18-19-20-37(47)51-29-38(48)50-28-36(46)42(49)30(2)25-34-33-22-21-31-26-32(44)23-24-39(31,3)41(33,43)35(45)27-40(34,42)4/h23-24,26,30,33-35,45,49H,5-22,25,27-29H2,1-4H3/t30-,33+,34+,35+,39+,40+,41+,42+/m1/s1. The molecule has 0 heterocycles. The lowest BCUT2D eigenvalue weighted by molar-refractivity contribution is -0.220. The Bertz CT molecular complexity index is 1290. The zero-order valence-electron chi connectivity index (χ0n) is 31.8. The average molecular weight is 717 g/mol. The highest BCUT2D eigenvalue weighted by Crippen LogP contribution is 2.70. The Labute approximate surface area is 305 Å². The maximum Gasteiger partial charge on any atom is 0.344 e. The van der Waals surface area contributed by atoms with Crippen LogP contribution >= 0.6 is 0 Å². The first-order valence-electron chi connectivity index (χ1n) is 20.1. The summed E-state index contributed by atoms with van der Waals surface area (Å²) >= 11 is 0. The number of ketones is 2. The molecule has 3 fully saturated rings. The molecule has 4 aliphatic rings. The van der Waals surface area contributed by atoms with Gasteiger partial charge in [0.2, 0.25) is 5.78 Å². The van der Waals surface area contributed by atoms with Gasteiger partial charge in [-0.05, 0) is 63.0 Å². The van der Waals surface area contributed by atoms with Gasteiger partial charge in [0, 0.05) is 23.2 Å². The monoisotopic (exact) mass is 716 g/mol. The second-order valence-corrected chi connectivity index (χ2v) is 16.6. The number of ether oxygens (including phenoxy) is 2. The van der Waals surface area contributed by atoms with E-state index in [1.54, 1.807) is 26.8 Å². The van der Waals surface area contributed by atoms with E-state index >= 15 is 4.39 Å². The van der Waals surface area contributed by atoms with Gasteiger partial charge in [0.15, 0.2) is 24.7 Å². The van der Waals surface area contributed by atoms with E-state index in [0.29, 0.717) is 31.3 Å². The summed E-state index contributed by atoms with van der Waals surface area (Å²) in [5, 5.41) is 23.6. The Balaban J connectivity index is 1.14. The van der Waals surface area contributed by atoms with Gasteiger partial charge in [-0.15, -0.1) is 0 Å². The summed E-state index contributed by atoms with van der Waals surface area (Å²) < 4.78 is 27.6. The molecule has 8 nitrogen and oxygen atoms in total. The molecule has 2 N–H and O–H groups in total. The highest BCUT2D eigenvalue weighted by atomic mass is 19.1. The van der Waals surface area contributed by atoms with Crippen molar-refractivity contribution in [3.8, 4) is 0 Å². The van der Waals surface area contributed by atoms with Crippen molar-refractivity contribution in [1.29, 1.82) is 0 Å². The predicted octanol–water partition coefficient (Wildman–Crippen LogP) is 8.25. The number of allylic oxidation sites excluding steroid dienone is 4. The summed E-state index contributed by atoms with van der Waals surface area (Å²) in [6.07, 6.45) is 22.6. The fourth-order valence-corrected chi connectivity index (χ4v) is 10.3. The Morgan fingerprint density at radius 1 is 0.843 bits per heavy atom. The van der Waals surface area contributed by atoms with Crippen LogP contribution in [0.25, 0.3) is 0 Å². The van der Waals surface area contributed by atoms with Crippen molar-refractivity contribution in [1.82, 2.24) is 0 Å². The highest BCUT2D eigenvalue weighted by molar-refractivity contribution is 6.01. The Hall–Kier alpha value is -2.39. The molecule has 8 atom stereocenters. The van der Waals surface area contributed by atoms with E-state index in [4.69, 9.17) is 9.47 Å². The number of carbonyl (C=O) groups excluding carboxylic acids is 4. The van der Waals surface area contributed by atoms with E-state index in [-0.39, 0.29) is 18.6 Å². The number of rotatable bonds is 21. The number of carbonyl (C=O) groups is 4. The molecule has 0 aromatic rings. The van der Waals surface area contributed by atoms with Crippen molar-refractivity contribution in [2.45, 2.75) is 173 Å². The first kappa shape index (κ1) is 41.4. The number of alkyl halides is 1. The molecule has 3 saturated carbocycles. The van der Waals surface area contributed by atoms with Crippen molar-refractivity contribution in [2.24, 2.45) is 28.6 Å². The van der Waals surface area contributed by atoms with Crippen molar-refractivity contribution in [3.05, 3.63) is 23.8 Å². The fourth-order valence-electron chi connectivity index (χ4n) is 10.3. The molecule has 0 radical (unpaired) electrons. The van der Waals surface area contributed by atoms with Crippen LogP contribution < -0.4 is 0 Å². The molecule has 0 unspecified atom stereocenters. The number of aliphatic hydroxyl groups is 2. The van der Waals surface area contributed by atoms with Crippen LogP contribution in [0.5, 0.6) is 0 Å². The van der Waals surface area contributed by atoms with E-state index in [1.807, 2.05) is 0 Å². The van der Waals surface area contributed by atoms with Crippen LogP contribution in [0.4, 0.5) is 4.39 Å². The predicted molar refractivity (Wildman–Crippen MR) is 194 cm³/mol. The smallest absolute Gasteiger partial charge is 0.344 e. The minimum absolute atomic E-state index is 0.160. The Kier molecular flexibility index (Phi) is 14.7. The second-order valence-electron chi connectivity index (χ2n) is 16.6.